The molecule has 0 radical (unpaired) electrons. The van der Waals surface area contributed by atoms with E-state index in [1.54, 1.807) is 24.3 Å². The van der Waals surface area contributed by atoms with Gasteiger partial charge >= 0.3 is 6.18 Å². The Kier molecular flexibility index (Phi) is 6.87. The first-order valence-electron chi connectivity index (χ1n) is 8.85. The van der Waals surface area contributed by atoms with Gasteiger partial charge in [-0.05, 0) is 35.9 Å². The van der Waals surface area contributed by atoms with Crippen molar-refractivity contribution >= 4 is 40.8 Å². The number of carbonyl (C=O) groups excluding carboxylic acids is 2. The minimum absolute atomic E-state index is 0.00133. The lowest BCUT2D eigenvalue weighted by Crippen LogP contribution is -2.33. The molecule has 0 aliphatic rings. The van der Waals surface area contributed by atoms with E-state index in [0.29, 0.717) is 21.4 Å². The second-order valence-electron chi connectivity index (χ2n) is 6.39. The average molecular weight is 471 g/mol. The van der Waals surface area contributed by atoms with Crippen LogP contribution in [0.3, 0.4) is 0 Å². The summed E-state index contributed by atoms with van der Waals surface area (Å²) in [5.74, 6) is -0.855. The molecule has 1 heterocycles. The predicted octanol–water partition coefficient (Wildman–Crippen LogP) is 4.63. The molecule has 31 heavy (non-hydrogen) atoms. The highest BCUT2D eigenvalue weighted by Gasteiger charge is 2.30. The molecule has 0 saturated heterocycles. The second kappa shape index (κ2) is 9.40. The van der Waals surface area contributed by atoms with Gasteiger partial charge in [-0.3, -0.25) is 9.59 Å². The van der Waals surface area contributed by atoms with E-state index in [1.807, 2.05) is 0 Å². The Hall–Kier alpha value is -3.04. The summed E-state index contributed by atoms with van der Waals surface area (Å²) >= 11 is 12.2. The number of aromatic nitrogens is 2. The molecule has 2 amide bonds. The molecule has 0 bridgehead atoms. The number of anilines is 1. The highest BCUT2D eigenvalue weighted by molar-refractivity contribution is 6.42. The summed E-state index contributed by atoms with van der Waals surface area (Å²) in [6.07, 6.45) is -3.01. The van der Waals surface area contributed by atoms with Crippen LogP contribution < -0.4 is 10.6 Å². The van der Waals surface area contributed by atoms with Gasteiger partial charge in [0.2, 0.25) is 5.91 Å². The van der Waals surface area contributed by atoms with Gasteiger partial charge < -0.3 is 10.6 Å². The molecular weight excluding hydrogens is 456 g/mol. The van der Waals surface area contributed by atoms with Crippen LogP contribution in [0.4, 0.5) is 19.0 Å². The SMILES string of the molecule is O=C(CNC(=O)c1ccc(C(F)(F)F)cc1)Nc1ccnn1Cc1cccc(Cl)c1Cl. The van der Waals surface area contributed by atoms with Gasteiger partial charge in [0.05, 0.1) is 34.9 Å². The first-order chi connectivity index (χ1) is 14.6. The van der Waals surface area contributed by atoms with Crippen molar-refractivity contribution in [2.45, 2.75) is 12.7 Å². The number of hydrogen-bond donors (Lipinski definition) is 2. The number of rotatable bonds is 6. The summed E-state index contributed by atoms with van der Waals surface area (Å²) in [4.78, 5) is 24.3. The first-order valence-corrected chi connectivity index (χ1v) is 9.61. The molecule has 1 aromatic heterocycles. The molecule has 0 fully saturated rings. The van der Waals surface area contributed by atoms with Crippen molar-refractivity contribution in [3.05, 3.63) is 81.5 Å². The molecule has 0 saturated carbocycles. The van der Waals surface area contributed by atoms with Gasteiger partial charge in [0.15, 0.2) is 0 Å². The molecule has 0 atom stereocenters. The smallest absolute Gasteiger partial charge is 0.343 e. The fourth-order valence-corrected chi connectivity index (χ4v) is 3.04. The highest BCUT2D eigenvalue weighted by Crippen LogP contribution is 2.29. The van der Waals surface area contributed by atoms with E-state index in [1.165, 1.54) is 10.9 Å². The molecule has 3 rings (SSSR count). The van der Waals surface area contributed by atoms with Crippen LogP contribution in [-0.2, 0) is 17.5 Å². The van der Waals surface area contributed by atoms with Gasteiger partial charge in [-0.2, -0.15) is 18.3 Å². The van der Waals surface area contributed by atoms with Gasteiger partial charge in [0, 0.05) is 11.6 Å². The van der Waals surface area contributed by atoms with Crippen molar-refractivity contribution in [2.75, 3.05) is 11.9 Å². The van der Waals surface area contributed by atoms with Gasteiger partial charge in [-0.25, -0.2) is 4.68 Å². The first kappa shape index (κ1) is 22.6. The van der Waals surface area contributed by atoms with E-state index in [9.17, 15) is 22.8 Å². The Morgan fingerprint density at radius 1 is 1.03 bits per heavy atom. The van der Waals surface area contributed by atoms with Gasteiger partial charge in [0.1, 0.15) is 5.82 Å². The van der Waals surface area contributed by atoms with E-state index in [0.717, 1.165) is 24.3 Å². The van der Waals surface area contributed by atoms with Crippen molar-refractivity contribution in [3.63, 3.8) is 0 Å². The Morgan fingerprint density at radius 3 is 2.42 bits per heavy atom. The number of halogens is 5. The van der Waals surface area contributed by atoms with Gasteiger partial charge in [-0.15, -0.1) is 0 Å². The fraction of sp³-hybridized carbons (Fsp3) is 0.150. The maximum Gasteiger partial charge on any atom is 0.416 e. The normalized spacial score (nSPS) is 11.3. The number of benzene rings is 2. The Bertz CT molecular complexity index is 1100. The standard InChI is InChI=1S/C20H15Cl2F3N4O2/c21-15-3-1-2-13(18(15)22)11-29-16(8-9-27-29)28-17(30)10-26-19(31)12-4-6-14(7-5-12)20(23,24)25/h1-9H,10-11H2,(H,26,31)(H,28,30). The van der Waals surface area contributed by atoms with E-state index < -0.39 is 23.6 Å². The molecule has 162 valence electrons. The van der Waals surface area contributed by atoms with Gasteiger partial charge in [-0.1, -0.05) is 35.3 Å². The topological polar surface area (TPSA) is 76.0 Å². The van der Waals surface area contributed by atoms with Crippen LogP contribution in [0.5, 0.6) is 0 Å². The zero-order chi connectivity index (χ0) is 22.6. The molecule has 2 N–H and O–H groups in total. The summed E-state index contributed by atoms with van der Waals surface area (Å²) in [5, 5.41) is 9.85. The molecular formula is C20H15Cl2F3N4O2. The van der Waals surface area contributed by atoms with Crippen molar-refractivity contribution in [3.8, 4) is 0 Å². The maximum atomic E-state index is 12.6. The predicted molar refractivity (Wildman–Crippen MR) is 110 cm³/mol. The Balaban J connectivity index is 1.58. The van der Waals surface area contributed by atoms with E-state index >= 15 is 0 Å². The zero-order valence-electron chi connectivity index (χ0n) is 15.7. The van der Waals surface area contributed by atoms with Crippen LogP contribution in [-0.4, -0.2) is 28.1 Å². The van der Waals surface area contributed by atoms with Crippen LogP contribution in [0.25, 0.3) is 0 Å². The molecule has 0 aliphatic heterocycles. The third kappa shape index (κ3) is 5.77. The third-order valence-electron chi connectivity index (χ3n) is 4.22. The zero-order valence-corrected chi connectivity index (χ0v) is 17.2. The quantitative estimate of drug-likeness (QED) is 0.551. The molecule has 11 heteroatoms. The lowest BCUT2D eigenvalue weighted by atomic mass is 10.1. The van der Waals surface area contributed by atoms with Gasteiger partial charge in [0.25, 0.3) is 5.91 Å². The average Bonchev–Trinajstić information content (AvgIpc) is 3.15. The highest BCUT2D eigenvalue weighted by atomic mass is 35.5. The lowest BCUT2D eigenvalue weighted by molar-refractivity contribution is -0.137. The summed E-state index contributed by atoms with van der Waals surface area (Å²) in [6.45, 7) is -0.136. The molecule has 2 aromatic carbocycles. The second-order valence-corrected chi connectivity index (χ2v) is 7.18. The van der Waals surface area contributed by atoms with Crippen LogP contribution in [0, 0.1) is 0 Å². The fourth-order valence-electron chi connectivity index (χ4n) is 2.66. The van der Waals surface area contributed by atoms with Crippen LogP contribution in [0.2, 0.25) is 10.0 Å². The lowest BCUT2D eigenvalue weighted by Gasteiger charge is -2.11. The van der Waals surface area contributed by atoms with E-state index in [2.05, 4.69) is 15.7 Å². The largest absolute Gasteiger partial charge is 0.416 e. The monoisotopic (exact) mass is 470 g/mol. The van der Waals surface area contributed by atoms with Crippen LogP contribution in [0.15, 0.2) is 54.7 Å². The van der Waals surface area contributed by atoms with Crippen LogP contribution in [0.1, 0.15) is 21.5 Å². The number of alkyl halides is 3. The van der Waals surface area contributed by atoms with Crippen LogP contribution >= 0.6 is 23.2 Å². The molecule has 0 spiro atoms. The molecule has 6 nitrogen and oxygen atoms in total. The molecule has 0 unspecified atom stereocenters. The Labute approximate surface area is 185 Å². The summed E-state index contributed by atoms with van der Waals surface area (Å²) in [6, 6.07) is 10.4. The molecule has 3 aromatic rings. The minimum Gasteiger partial charge on any atom is -0.343 e. The maximum absolute atomic E-state index is 12.6. The van der Waals surface area contributed by atoms with E-state index in [4.69, 9.17) is 23.2 Å². The van der Waals surface area contributed by atoms with Crippen molar-refractivity contribution in [1.29, 1.82) is 0 Å². The molecule has 0 aliphatic carbocycles. The number of carbonyl (C=O) groups is 2. The van der Waals surface area contributed by atoms with Crippen molar-refractivity contribution < 1.29 is 22.8 Å². The summed E-state index contributed by atoms with van der Waals surface area (Å²) in [7, 11) is 0. The summed E-state index contributed by atoms with van der Waals surface area (Å²) < 4.78 is 39.3. The summed E-state index contributed by atoms with van der Waals surface area (Å²) in [5.41, 5.74) is -0.166. The number of nitrogens with one attached hydrogen (secondary N) is 2. The third-order valence-corrected chi connectivity index (χ3v) is 5.08. The number of nitrogens with zero attached hydrogens (tertiary/aromatic N) is 2. The number of hydrogen-bond acceptors (Lipinski definition) is 3. The Morgan fingerprint density at radius 2 is 1.74 bits per heavy atom. The number of amides is 2. The minimum atomic E-state index is -4.49. The van der Waals surface area contributed by atoms with Crippen molar-refractivity contribution in [1.82, 2.24) is 15.1 Å². The van der Waals surface area contributed by atoms with E-state index in [-0.39, 0.29) is 18.7 Å². The van der Waals surface area contributed by atoms with Crippen molar-refractivity contribution in [2.24, 2.45) is 0 Å².